The molecule has 0 aromatic rings. The fourth-order valence-electron chi connectivity index (χ4n) is 2.04. The van der Waals surface area contributed by atoms with Crippen molar-refractivity contribution in [3.63, 3.8) is 0 Å². The molecule has 1 rings (SSSR count). The molecule has 0 aromatic carbocycles. The number of nitrogens with one attached hydrogen (secondary N) is 2. The summed E-state index contributed by atoms with van der Waals surface area (Å²) < 4.78 is 11.0. The Morgan fingerprint density at radius 2 is 2.25 bits per heavy atom. The Hall–Kier alpha value is -0.850. The van der Waals surface area contributed by atoms with E-state index in [-0.39, 0.29) is 6.10 Å². The highest BCUT2D eigenvalue weighted by Gasteiger charge is 2.17. The highest BCUT2D eigenvalue weighted by molar-refractivity contribution is 5.79. The van der Waals surface area contributed by atoms with E-state index in [0.717, 1.165) is 58.4 Å². The van der Waals surface area contributed by atoms with Gasteiger partial charge in [0.25, 0.3) is 0 Å². The standard InChI is InChI=1S/C14H30N4O2/c1-4-15-14(16-7-6-9-19-5-2)17-11-13-12-18(3)8-10-20-13/h13H,4-12H2,1-3H3,(H2,15,16,17). The van der Waals surface area contributed by atoms with Crippen molar-refractivity contribution in [1.82, 2.24) is 15.5 Å². The van der Waals surface area contributed by atoms with Crippen LogP contribution < -0.4 is 10.6 Å². The Bertz CT molecular complexity index is 274. The van der Waals surface area contributed by atoms with E-state index in [1.165, 1.54) is 0 Å². The quantitative estimate of drug-likeness (QED) is 0.382. The SMILES string of the molecule is CCNC(=NCC1CN(C)CCO1)NCCCOCC. The number of morpholine rings is 1. The first-order valence-electron chi connectivity index (χ1n) is 7.66. The fourth-order valence-corrected chi connectivity index (χ4v) is 2.04. The summed E-state index contributed by atoms with van der Waals surface area (Å²) in [5, 5.41) is 6.57. The fraction of sp³-hybridized carbons (Fsp3) is 0.929. The van der Waals surface area contributed by atoms with Crippen LogP contribution in [0.15, 0.2) is 4.99 Å². The Morgan fingerprint density at radius 3 is 2.95 bits per heavy atom. The van der Waals surface area contributed by atoms with Crippen LogP contribution >= 0.6 is 0 Å². The average Bonchev–Trinajstić information content (AvgIpc) is 2.44. The minimum Gasteiger partial charge on any atom is -0.382 e. The first kappa shape index (κ1) is 17.2. The van der Waals surface area contributed by atoms with Crippen LogP contribution in [0.5, 0.6) is 0 Å². The molecule has 1 fully saturated rings. The van der Waals surface area contributed by atoms with Gasteiger partial charge >= 0.3 is 0 Å². The molecule has 2 N–H and O–H groups in total. The van der Waals surface area contributed by atoms with Gasteiger partial charge in [-0.25, -0.2) is 0 Å². The molecule has 0 aromatic heterocycles. The largest absolute Gasteiger partial charge is 0.382 e. The minimum absolute atomic E-state index is 0.202. The zero-order valence-electron chi connectivity index (χ0n) is 13.2. The highest BCUT2D eigenvalue weighted by Crippen LogP contribution is 2.02. The number of likely N-dealkylation sites (N-methyl/N-ethyl adjacent to an activating group) is 1. The van der Waals surface area contributed by atoms with Crippen LogP contribution in [0.4, 0.5) is 0 Å². The maximum absolute atomic E-state index is 5.71. The highest BCUT2D eigenvalue weighted by atomic mass is 16.5. The zero-order valence-corrected chi connectivity index (χ0v) is 13.2. The summed E-state index contributed by atoms with van der Waals surface area (Å²) in [7, 11) is 2.12. The van der Waals surface area contributed by atoms with Crippen molar-refractivity contribution in [1.29, 1.82) is 0 Å². The van der Waals surface area contributed by atoms with Crippen molar-refractivity contribution < 1.29 is 9.47 Å². The van der Waals surface area contributed by atoms with Crippen molar-refractivity contribution in [3.05, 3.63) is 0 Å². The van der Waals surface area contributed by atoms with E-state index in [1.807, 2.05) is 6.92 Å². The molecule has 1 saturated heterocycles. The van der Waals surface area contributed by atoms with E-state index in [4.69, 9.17) is 9.47 Å². The van der Waals surface area contributed by atoms with Crippen LogP contribution in [-0.2, 0) is 9.47 Å². The molecule has 1 aliphatic rings. The number of guanidine groups is 1. The van der Waals surface area contributed by atoms with E-state index in [1.54, 1.807) is 0 Å². The molecule has 6 heteroatoms. The Morgan fingerprint density at radius 1 is 1.40 bits per heavy atom. The van der Waals surface area contributed by atoms with Crippen molar-refractivity contribution in [2.75, 3.05) is 59.6 Å². The monoisotopic (exact) mass is 286 g/mol. The van der Waals surface area contributed by atoms with Gasteiger partial charge in [0.15, 0.2) is 5.96 Å². The lowest BCUT2D eigenvalue weighted by molar-refractivity contribution is -0.0136. The van der Waals surface area contributed by atoms with Crippen molar-refractivity contribution in [2.24, 2.45) is 4.99 Å². The average molecular weight is 286 g/mol. The molecular weight excluding hydrogens is 256 g/mol. The molecule has 118 valence electrons. The summed E-state index contributed by atoms with van der Waals surface area (Å²) in [6.45, 7) is 10.9. The number of hydrogen-bond acceptors (Lipinski definition) is 4. The predicted molar refractivity (Wildman–Crippen MR) is 82.3 cm³/mol. The topological polar surface area (TPSA) is 58.1 Å². The number of ether oxygens (including phenoxy) is 2. The normalized spacial score (nSPS) is 20.9. The maximum Gasteiger partial charge on any atom is 0.191 e. The van der Waals surface area contributed by atoms with Gasteiger partial charge in [-0.2, -0.15) is 0 Å². The second-order valence-corrected chi connectivity index (χ2v) is 4.95. The predicted octanol–water partition coefficient (Wildman–Crippen LogP) is 0.299. The number of rotatable bonds is 8. The first-order chi connectivity index (χ1) is 9.76. The van der Waals surface area contributed by atoms with E-state index in [2.05, 4.69) is 34.5 Å². The lowest BCUT2D eigenvalue weighted by Gasteiger charge is -2.29. The lowest BCUT2D eigenvalue weighted by Crippen LogP contribution is -2.43. The van der Waals surface area contributed by atoms with Gasteiger partial charge in [-0.1, -0.05) is 0 Å². The van der Waals surface area contributed by atoms with Crippen LogP contribution in [0, 0.1) is 0 Å². The van der Waals surface area contributed by atoms with Gasteiger partial charge in [-0.3, -0.25) is 4.99 Å². The Balaban J connectivity index is 2.26. The van der Waals surface area contributed by atoms with Gasteiger partial charge in [-0.15, -0.1) is 0 Å². The molecule has 0 bridgehead atoms. The molecule has 6 nitrogen and oxygen atoms in total. The molecule has 0 amide bonds. The molecule has 1 unspecified atom stereocenters. The summed E-state index contributed by atoms with van der Waals surface area (Å²) in [6.07, 6.45) is 1.19. The van der Waals surface area contributed by atoms with E-state index in [0.29, 0.717) is 6.54 Å². The van der Waals surface area contributed by atoms with Crippen LogP contribution in [0.1, 0.15) is 20.3 Å². The third kappa shape index (κ3) is 7.67. The van der Waals surface area contributed by atoms with Crippen molar-refractivity contribution in [2.45, 2.75) is 26.4 Å². The molecule has 0 spiro atoms. The number of hydrogen-bond donors (Lipinski definition) is 2. The molecule has 0 radical (unpaired) electrons. The Kier molecular flexibility index (Phi) is 9.36. The first-order valence-corrected chi connectivity index (χ1v) is 7.66. The molecular formula is C14H30N4O2. The molecule has 1 heterocycles. The van der Waals surface area contributed by atoms with Gasteiger partial charge < -0.3 is 25.0 Å². The van der Waals surface area contributed by atoms with Crippen LogP contribution in [0.3, 0.4) is 0 Å². The third-order valence-corrected chi connectivity index (χ3v) is 3.10. The van der Waals surface area contributed by atoms with E-state index < -0.39 is 0 Å². The second kappa shape index (κ2) is 10.9. The maximum atomic E-state index is 5.71. The molecule has 0 aliphatic carbocycles. The van der Waals surface area contributed by atoms with Crippen LogP contribution in [-0.4, -0.2) is 76.6 Å². The molecule has 20 heavy (non-hydrogen) atoms. The van der Waals surface area contributed by atoms with Crippen LogP contribution in [0.25, 0.3) is 0 Å². The van der Waals surface area contributed by atoms with Gasteiger partial charge in [0, 0.05) is 39.4 Å². The van der Waals surface area contributed by atoms with Gasteiger partial charge in [0.1, 0.15) is 0 Å². The Labute approximate surface area is 122 Å². The molecule has 1 aliphatic heterocycles. The van der Waals surface area contributed by atoms with Gasteiger partial charge in [0.2, 0.25) is 0 Å². The van der Waals surface area contributed by atoms with Crippen LogP contribution in [0.2, 0.25) is 0 Å². The number of aliphatic imine (C=N–C) groups is 1. The van der Waals surface area contributed by atoms with Crippen molar-refractivity contribution >= 4 is 5.96 Å². The van der Waals surface area contributed by atoms with Gasteiger partial charge in [-0.05, 0) is 27.3 Å². The summed E-state index contributed by atoms with van der Waals surface area (Å²) in [4.78, 5) is 6.88. The minimum atomic E-state index is 0.202. The lowest BCUT2D eigenvalue weighted by atomic mass is 10.3. The zero-order chi connectivity index (χ0) is 14.6. The van der Waals surface area contributed by atoms with E-state index >= 15 is 0 Å². The summed E-state index contributed by atoms with van der Waals surface area (Å²) in [6, 6.07) is 0. The summed E-state index contributed by atoms with van der Waals surface area (Å²) in [5.74, 6) is 0.862. The second-order valence-electron chi connectivity index (χ2n) is 4.95. The summed E-state index contributed by atoms with van der Waals surface area (Å²) >= 11 is 0. The van der Waals surface area contributed by atoms with Crippen molar-refractivity contribution in [3.8, 4) is 0 Å². The molecule has 0 saturated carbocycles. The summed E-state index contributed by atoms with van der Waals surface area (Å²) in [5.41, 5.74) is 0. The third-order valence-electron chi connectivity index (χ3n) is 3.10. The number of nitrogens with zero attached hydrogens (tertiary/aromatic N) is 2. The smallest absolute Gasteiger partial charge is 0.191 e. The van der Waals surface area contributed by atoms with E-state index in [9.17, 15) is 0 Å². The van der Waals surface area contributed by atoms with Gasteiger partial charge in [0.05, 0.1) is 19.3 Å². The molecule has 1 atom stereocenters.